The molecule has 4 nitrogen and oxygen atoms in total. The highest BCUT2D eigenvalue weighted by molar-refractivity contribution is 5.95. The van der Waals surface area contributed by atoms with Crippen LogP contribution in [-0.2, 0) is 4.79 Å². The maximum atomic E-state index is 12.0. The summed E-state index contributed by atoms with van der Waals surface area (Å²) in [5, 5.41) is 3.80. The summed E-state index contributed by atoms with van der Waals surface area (Å²) < 4.78 is 0. The number of carbonyl (C=O) groups excluding carboxylic acids is 1. The molecule has 0 aliphatic carbocycles. The van der Waals surface area contributed by atoms with Crippen molar-refractivity contribution in [1.82, 2.24) is 5.32 Å². The highest BCUT2D eigenvalue weighted by Gasteiger charge is 2.24. The largest absolute Gasteiger partial charge is 0.371 e. The van der Waals surface area contributed by atoms with Gasteiger partial charge in [0.15, 0.2) is 0 Å². The standard InChI is InChI=1S/C21H33N3O/c1-16(2)14-17(3)22-18-9-12-23(13-10-18)19-6-4-7-20(15-19)24-11-5-8-21(24)25/h4,6-7,15-18,22H,5,8-14H2,1-3H3/t17-/m1/s1. The summed E-state index contributed by atoms with van der Waals surface area (Å²) in [4.78, 5) is 16.4. The van der Waals surface area contributed by atoms with Gasteiger partial charge >= 0.3 is 0 Å². The Morgan fingerprint density at radius 2 is 1.84 bits per heavy atom. The molecule has 1 aromatic carbocycles. The summed E-state index contributed by atoms with van der Waals surface area (Å²) in [6.07, 6.45) is 5.29. The summed E-state index contributed by atoms with van der Waals surface area (Å²) in [6, 6.07) is 9.76. The first kappa shape index (κ1) is 18.2. The van der Waals surface area contributed by atoms with Gasteiger partial charge in [-0.2, -0.15) is 0 Å². The molecule has 2 aliphatic rings. The lowest BCUT2D eigenvalue weighted by Crippen LogP contribution is -2.45. The van der Waals surface area contributed by atoms with Crippen molar-refractivity contribution in [2.75, 3.05) is 29.4 Å². The number of hydrogen-bond donors (Lipinski definition) is 1. The van der Waals surface area contributed by atoms with Crippen LogP contribution >= 0.6 is 0 Å². The van der Waals surface area contributed by atoms with E-state index in [1.807, 2.05) is 4.90 Å². The van der Waals surface area contributed by atoms with Gasteiger partial charge in [-0.05, 0) is 56.7 Å². The van der Waals surface area contributed by atoms with E-state index in [9.17, 15) is 4.79 Å². The van der Waals surface area contributed by atoms with Crippen LogP contribution in [0.1, 0.15) is 52.9 Å². The molecule has 2 heterocycles. The summed E-state index contributed by atoms with van der Waals surface area (Å²) in [5.41, 5.74) is 2.32. The fourth-order valence-corrected chi connectivity index (χ4v) is 4.26. The molecule has 0 spiro atoms. The molecule has 0 aromatic heterocycles. The van der Waals surface area contributed by atoms with Crippen molar-refractivity contribution >= 4 is 17.3 Å². The number of piperidine rings is 1. The number of rotatable bonds is 6. The van der Waals surface area contributed by atoms with Gasteiger partial charge in [0.25, 0.3) is 0 Å². The molecule has 2 saturated heterocycles. The van der Waals surface area contributed by atoms with Crippen molar-refractivity contribution in [2.45, 2.75) is 65.0 Å². The Morgan fingerprint density at radius 1 is 1.12 bits per heavy atom. The molecule has 1 N–H and O–H groups in total. The van der Waals surface area contributed by atoms with Crippen LogP contribution in [0.3, 0.4) is 0 Å². The van der Waals surface area contributed by atoms with E-state index in [1.54, 1.807) is 0 Å². The molecule has 25 heavy (non-hydrogen) atoms. The minimum atomic E-state index is 0.263. The monoisotopic (exact) mass is 343 g/mol. The van der Waals surface area contributed by atoms with Gasteiger partial charge < -0.3 is 15.1 Å². The Labute approximate surface area is 152 Å². The summed E-state index contributed by atoms with van der Waals surface area (Å²) in [5.74, 6) is 1.01. The smallest absolute Gasteiger partial charge is 0.227 e. The number of carbonyl (C=O) groups is 1. The molecule has 2 fully saturated rings. The molecule has 4 heteroatoms. The number of benzene rings is 1. The van der Waals surface area contributed by atoms with Crippen LogP contribution in [0.4, 0.5) is 11.4 Å². The predicted octanol–water partition coefficient (Wildman–Crippen LogP) is 3.81. The molecule has 2 aliphatic heterocycles. The third kappa shape index (κ3) is 4.75. The molecule has 138 valence electrons. The van der Waals surface area contributed by atoms with Gasteiger partial charge in [-0.25, -0.2) is 0 Å². The maximum Gasteiger partial charge on any atom is 0.227 e. The molecule has 1 atom stereocenters. The Hall–Kier alpha value is -1.55. The molecule has 0 unspecified atom stereocenters. The van der Waals surface area contributed by atoms with E-state index in [0.717, 1.165) is 37.7 Å². The van der Waals surface area contributed by atoms with Crippen molar-refractivity contribution in [3.63, 3.8) is 0 Å². The fourth-order valence-electron chi connectivity index (χ4n) is 4.26. The molecular formula is C21H33N3O. The van der Waals surface area contributed by atoms with E-state index < -0.39 is 0 Å². The van der Waals surface area contributed by atoms with E-state index in [4.69, 9.17) is 0 Å². The first-order valence-electron chi connectivity index (χ1n) is 9.94. The Morgan fingerprint density at radius 3 is 2.48 bits per heavy atom. The van der Waals surface area contributed by atoms with Crippen LogP contribution < -0.4 is 15.1 Å². The van der Waals surface area contributed by atoms with E-state index in [0.29, 0.717) is 18.5 Å². The van der Waals surface area contributed by atoms with Crippen molar-refractivity contribution in [1.29, 1.82) is 0 Å². The number of nitrogens with one attached hydrogen (secondary N) is 1. The van der Waals surface area contributed by atoms with E-state index >= 15 is 0 Å². The molecule has 0 bridgehead atoms. The number of nitrogens with zero attached hydrogens (tertiary/aromatic N) is 2. The van der Waals surface area contributed by atoms with Crippen LogP contribution in [-0.4, -0.2) is 37.6 Å². The second-order valence-electron chi connectivity index (χ2n) is 8.13. The van der Waals surface area contributed by atoms with Gasteiger partial charge in [0, 0.05) is 49.5 Å². The van der Waals surface area contributed by atoms with Gasteiger partial charge in [-0.3, -0.25) is 4.79 Å². The third-order valence-corrected chi connectivity index (χ3v) is 5.42. The van der Waals surface area contributed by atoms with Crippen molar-refractivity contribution in [2.24, 2.45) is 5.92 Å². The molecule has 3 rings (SSSR count). The zero-order valence-electron chi connectivity index (χ0n) is 16.0. The zero-order chi connectivity index (χ0) is 17.8. The quantitative estimate of drug-likeness (QED) is 0.853. The lowest BCUT2D eigenvalue weighted by molar-refractivity contribution is -0.117. The minimum Gasteiger partial charge on any atom is -0.371 e. The highest BCUT2D eigenvalue weighted by atomic mass is 16.2. The SMILES string of the molecule is CC(C)C[C@@H](C)NC1CCN(c2cccc(N3CCCC3=O)c2)CC1. The predicted molar refractivity (Wildman–Crippen MR) is 105 cm³/mol. The minimum absolute atomic E-state index is 0.263. The van der Waals surface area contributed by atoms with E-state index in [1.165, 1.54) is 24.9 Å². The van der Waals surface area contributed by atoms with Gasteiger partial charge in [0.05, 0.1) is 0 Å². The third-order valence-electron chi connectivity index (χ3n) is 5.42. The number of hydrogen-bond acceptors (Lipinski definition) is 3. The Bertz CT molecular complexity index is 578. The zero-order valence-corrected chi connectivity index (χ0v) is 16.0. The van der Waals surface area contributed by atoms with Crippen molar-refractivity contribution in [3.05, 3.63) is 24.3 Å². The van der Waals surface area contributed by atoms with E-state index in [2.05, 4.69) is 55.3 Å². The molecule has 1 aromatic rings. The van der Waals surface area contributed by atoms with Gasteiger partial charge in [-0.1, -0.05) is 19.9 Å². The lowest BCUT2D eigenvalue weighted by Gasteiger charge is -2.36. The van der Waals surface area contributed by atoms with Crippen molar-refractivity contribution < 1.29 is 4.79 Å². The van der Waals surface area contributed by atoms with Crippen LogP contribution in [0, 0.1) is 5.92 Å². The van der Waals surface area contributed by atoms with E-state index in [-0.39, 0.29) is 5.91 Å². The lowest BCUT2D eigenvalue weighted by atomic mass is 10.00. The van der Waals surface area contributed by atoms with Crippen LogP contribution in [0.15, 0.2) is 24.3 Å². The number of anilines is 2. The molecule has 0 saturated carbocycles. The number of amides is 1. The first-order chi connectivity index (χ1) is 12.0. The second-order valence-corrected chi connectivity index (χ2v) is 8.13. The summed E-state index contributed by atoms with van der Waals surface area (Å²) in [6.45, 7) is 9.93. The Balaban J connectivity index is 1.55. The highest BCUT2D eigenvalue weighted by Crippen LogP contribution is 2.28. The molecule has 0 radical (unpaired) electrons. The first-order valence-corrected chi connectivity index (χ1v) is 9.94. The van der Waals surface area contributed by atoms with Gasteiger partial charge in [0.2, 0.25) is 5.91 Å². The fraction of sp³-hybridized carbons (Fsp3) is 0.667. The van der Waals surface area contributed by atoms with Crippen LogP contribution in [0.5, 0.6) is 0 Å². The topological polar surface area (TPSA) is 35.6 Å². The average Bonchev–Trinajstić information content (AvgIpc) is 3.01. The second kappa shape index (κ2) is 8.22. The van der Waals surface area contributed by atoms with Gasteiger partial charge in [0.1, 0.15) is 0 Å². The Kier molecular flexibility index (Phi) is 6.00. The van der Waals surface area contributed by atoms with Crippen molar-refractivity contribution in [3.8, 4) is 0 Å². The van der Waals surface area contributed by atoms with Crippen LogP contribution in [0.25, 0.3) is 0 Å². The molecular weight excluding hydrogens is 310 g/mol. The van der Waals surface area contributed by atoms with Gasteiger partial charge in [-0.15, -0.1) is 0 Å². The maximum absolute atomic E-state index is 12.0. The summed E-state index contributed by atoms with van der Waals surface area (Å²) in [7, 11) is 0. The summed E-state index contributed by atoms with van der Waals surface area (Å²) >= 11 is 0. The normalized spacial score (nSPS) is 20.6. The van der Waals surface area contributed by atoms with Crippen LogP contribution in [0.2, 0.25) is 0 Å². The molecule has 1 amide bonds. The average molecular weight is 344 g/mol.